The average Bonchev–Trinajstić information content (AvgIpc) is 3.39. The number of amides is 1. The zero-order valence-corrected chi connectivity index (χ0v) is 19.0. The number of aliphatic hydroxyl groups is 1. The summed E-state index contributed by atoms with van der Waals surface area (Å²) in [7, 11) is 1.64. The van der Waals surface area contributed by atoms with Gasteiger partial charge in [-0.2, -0.15) is 0 Å². The molecule has 168 valence electrons. The molecule has 1 spiro atoms. The fourth-order valence-electron chi connectivity index (χ4n) is 4.34. The molecule has 2 fully saturated rings. The molecule has 1 saturated heterocycles. The van der Waals surface area contributed by atoms with Gasteiger partial charge in [-0.25, -0.2) is 4.79 Å². The van der Waals surface area contributed by atoms with Crippen molar-refractivity contribution in [1.29, 1.82) is 0 Å². The Morgan fingerprint density at radius 1 is 1.38 bits per heavy atom. The molecule has 0 aromatic heterocycles. The monoisotopic (exact) mass is 413 g/mol. The van der Waals surface area contributed by atoms with Crippen LogP contribution in [0.5, 0.6) is 0 Å². The zero-order valence-electron chi connectivity index (χ0n) is 19.0. The Morgan fingerprint density at radius 3 is 2.52 bits per heavy atom. The molecule has 7 nitrogen and oxygen atoms in total. The third-order valence-corrected chi connectivity index (χ3v) is 6.16. The van der Waals surface area contributed by atoms with Gasteiger partial charge in [0.2, 0.25) is 0 Å². The Bertz CT molecular complexity index is 580. The van der Waals surface area contributed by atoms with Crippen LogP contribution in [0.2, 0.25) is 0 Å². The molecule has 3 unspecified atom stereocenters. The molecule has 0 radical (unpaired) electrons. The van der Waals surface area contributed by atoms with Gasteiger partial charge in [-0.15, -0.1) is 0 Å². The van der Waals surface area contributed by atoms with E-state index in [0.29, 0.717) is 19.6 Å². The molecule has 1 saturated carbocycles. The quantitative estimate of drug-likeness (QED) is 0.446. The van der Waals surface area contributed by atoms with E-state index in [1.165, 1.54) is 5.57 Å². The first-order valence-corrected chi connectivity index (χ1v) is 10.6. The molecule has 2 N–H and O–H groups in total. The lowest BCUT2D eigenvalue weighted by molar-refractivity contribution is -0.172. The van der Waals surface area contributed by atoms with Crippen LogP contribution < -0.4 is 5.32 Å². The van der Waals surface area contributed by atoms with Crippen molar-refractivity contribution in [2.24, 2.45) is 11.8 Å². The molecule has 1 heterocycles. The number of epoxide rings is 1. The third kappa shape index (κ3) is 5.94. The number of alkyl carbamates (subject to hydrolysis) is 1. The van der Waals surface area contributed by atoms with E-state index in [4.69, 9.17) is 18.9 Å². The lowest BCUT2D eigenvalue weighted by Crippen LogP contribution is -2.59. The van der Waals surface area contributed by atoms with E-state index in [-0.39, 0.29) is 36.2 Å². The Balaban J connectivity index is 2.12. The maximum atomic E-state index is 12.5. The maximum absolute atomic E-state index is 12.5. The van der Waals surface area contributed by atoms with Crippen LogP contribution in [0.25, 0.3) is 0 Å². The van der Waals surface area contributed by atoms with Crippen LogP contribution in [0.4, 0.5) is 4.79 Å². The van der Waals surface area contributed by atoms with Crippen LogP contribution in [0.1, 0.15) is 54.4 Å². The molecule has 5 atom stereocenters. The Labute approximate surface area is 175 Å². The first kappa shape index (κ1) is 24.1. The zero-order chi connectivity index (χ0) is 21.8. The molecule has 0 aromatic carbocycles. The van der Waals surface area contributed by atoms with Crippen molar-refractivity contribution in [2.75, 3.05) is 26.9 Å². The highest BCUT2D eigenvalue weighted by Crippen LogP contribution is 2.52. The van der Waals surface area contributed by atoms with E-state index in [1.807, 2.05) is 27.7 Å². The molecule has 1 amide bonds. The van der Waals surface area contributed by atoms with E-state index < -0.39 is 17.8 Å². The molecule has 0 bridgehead atoms. The minimum atomic E-state index is -0.528. The smallest absolute Gasteiger partial charge is 0.407 e. The number of rotatable bonds is 9. The molecule has 29 heavy (non-hydrogen) atoms. The predicted molar refractivity (Wildman–Crippen MR) is 111 cm³/mol. The van der Waals surface area contributed by atoms with Gasteiger partial charge in [0.15, 0.2) is 0 Å². The summed E-state index contributed by atoms with van der Waals surface area (Å²) in [5, 5.41) is 12.2. The van der Waals surface area contributed by atoms with E-state index >= 15 is 0 Å². The topological polar surface area (TPSA) is 89.6 Å². The molecule has 1 aliphatic heterocycles. The molecular weight excluding hydrogens is 374 g/mol. The number of carbonyl (C=O) groups is 1. The lowest BCUT2D eigenvalue weighted by atomic mass is 9.68. The third-order valence-electron chi connectivity index (χ3n) is 6.16. The summed E-state index contributed by atoms with van der Waals surface area (Å²) in [6.45, 7) is 13.1. The maximum Gasteiger partial charge on any atom is 0.407 e. The van der Waals surface area contributed by atoms with E-state index in [0.717, 1.165) is 6.42 Å². The van der Waals surface area contributed by atoms with Crippen LogP contribution >= 0.6 is 0 Å². The minimum absolute atomic E-state index is 0.0733. The van der Waals surface area contributed by atoms with E-state index in [9.17, 15) is 9.90 Å². The van der Waals surface area contributed by atoms with Crippen LogP contribution in [0.15, 0.2) is 11.6 Å². The Hall–Kier alpha value is -1.15. The van der Waals surface area contributed by atoms with Crippen molar-refractivity contribution in [3.05, 3.63) is 11.6 Å². The van der Waals surface area contributed by atoms with E-state index in [2.05, 4.69) is 25.2 Å². The molecule has 7 heteroatoms. The van der Waals surface area contributed by atoms with Gasteiger partial charge in [0, 0.05) is 13.0 Å². The Morgan fingerprint density at radius 2 is 2.03 bits per heavy atom. The van der Waals surface area contributed by atoms with Gasteiger partial charge >= 0.3 is 6.09 Å². The first-order valence-electron chi connectivity index (χ1n) is 10.6. The summed E-state index contributed by atoms with van der Waals surface area (Å²) in [5.74, 6) is 0.0336. The average molecular weight is 414 g/mol. The van der Waals surface area contributed by atoms with Crippen LogP contribution in [-0.4, -0.2) is 67.6 Å². The van der Waals surface area contributed by atoms with Crippen molar-refractivity contribution in [3.63, 3.8) is 0 Å². The molecule has 0 aromatic rings. The fourth-order valence-corrected chi connectivity index (χ4v) is 4.34. The minimum Gasteiger partial charge on any atom is -0.443 e. The number of methoxy groups -OCH3 is 1. The van der Waals surface area contributed by atoms with Crippen molar-refractivity contribution in [3.8, 4) is 0 Å². The highest BCUT2D eigenvalue weighted by atomic mass is 16.6. The van der Waals surface area contributed by atoms with Gasteiger partial charge in [-0.05, 0) is 46.5 Å². The number of carbonyl (C=O) groups excluding carboxylic acids is 1. The summed E-state index contributed by atoms with van der Waals surface area (Å²) in [6, 6.07) is -0.343. The summed E-state index contributed by atoms with van der Waals surface area (Å²) in [4.78, 5) is 12.5. The summed E-state index contributed by atoms with van der Waals surface area (Å²) in [5.41, 5.74) is 0.399. The predicted octanol–water partition coefficient (Wildman–Crippen LogP) is 3.05. The van der Waals surface area contributed by atoms with Crippen molar-refractivity contribution >= 4 is 6.09 Å². The number of aliphatic hydroxyl groups excluding tert-OH is 1. The molecule has 2 aliphatic rings. The largest absolute Gasteiger partial charge is 0.443 e. The fraction of sp³-hybridized carbons (Fsp3) is 0.864. The molecular formula is C22H39NO6. The van der Waals surface area contributed by atoms with Crippen LogP contribution in [0.3, 0.4) is 0 Å². The lowest BCUT2D eigenvalue weighted by Gasteiger charge is -2.47. The van der Waals surface area contributed by atoms with Crippen molar-refractivity contribution in [1.82, 2.24) is 5.32 Å². The summed E-state index contributed by atoms with van der Waals surface area (Å²) in [6.07, 6.45) is 2.23. The molecule has 1 aliphatic carbocycles. The van der Waals surface area contributed by atoms with Gasteiger partial charge in [0.25, 0.3) is 0 Å². The van der Waals surface area contributed by atoms with Gasteiger partial charge < -0.3 is 29.4 Å². The van der Waals surface area contributed by atoms with Gasteiger partial charge in [0.05, 0.1) is 37.1 Å². The molecule has 2 rings (SSSR count). The Kier molecular flexibility index (Phi) is 8.13. The highest BCUT2D eigenvalue weighted by Gasteiger charge is 2.64. The van der Waals surface area contributed by atoms with Gasteiger partial charge in [-0.1, -0.05) is 25.5 Å². The first-order chi connectivity index (χ1) is 13.6. The second-order valence-corrected chi connectivity index (χ2v) is 9.39. The van der Waals surface area contributed by atoms with Crippen molar-refractivity contribution in [2.45, 2.75) is 83.8 Å². The number of hydrogen-bond acceptors (Lipinski definition) is 6. The standard InChI is InChI=1S/C22H39NO6/c1-14(2)9-11-27-21(5,6)19-18(26-7)17(8-10-22(19)13-28-22)29-20(25)23-16(12-24)15(3)4/h9,15-19,24H,8,10-13H2,1-7H3,(H,23,25)/t16-,17?,18?,19?,22-/m0/s1. The highest BCUT2D eigenvalue weighted by molar-refractivity contribution is 5.68. The second-order valence-electron chi connectivity index (χ2n) is 9.39. The number of ether oxygens (including phenoxy) is 4. The van der Waals surface area contributed by atoms with Gasteiger partial charge in [0.1, 0.15) is 12.2 Å². The number of hydrogen-bond donors (Lipinski definition) is 2. The summed E-state index contributed by atoms with van der Waals surface area (Å²) >= 11 is 0. The SMILES string of the molecule is COC1C(OC(=O)N[C@@H](CO)C(C)C)CC[C@]2(CO2)C1C(C)(C)OCC=C(C)C. The van der Waals surface area contributed by atoms with Crippen LogP contribution in [-0.2, 0) is 18.9 Å². The van der Waals surface area contributed by atoms with Gasteiger partial charge in [-0.3, -0.25) is 0 Å². The van der Waals surface area contributed by atoms with E-state index in [1.54, 1.807) is 7.11 Å². The summed E-state index contributed by atoms with van der Waals surface area (Å²) < 4.78 is 23.7. The van der Waals surface area contributed by atoms with Crippen LogP contribution in [0, 0.1) is 11.8 Å². The normalized spacial score (nSPS) is 30.2. The number of nitrogens with one attached hydrogen (secondary N) is 1. The second kappa shape index (κ2) is 9.77. The van der Waals surface area contributed by atoms with Crippen molar-refractivity contribution < 1.29 is 28.8 Å². The number of allylic oxidation sites excluding steroid dienone is 1.